The summed E-state index contributed by atoms with van der Waals surface area (Å²) in [4.78, 5) is 4.32. The van der Waals surface area contributed by atoms with Crippen LogP contribution in [0.4, 0.5) is 4.39 Å². The van der Waals surface area contributed by atoms with Crippen LogP contribution in [-0.4, -0.2) is 22.2 Å². The third kappa shape index (κ3) is 4.11. The summed E-state index contributed by atoms with van der Waals surface area (Å²) in [5, 5.41) is 7.28. The molecule has 0 spiro atoms. The van der Waals surface area contributed by atoms with Gasteiger partial charge in [-0.1, -0.05) is 5.16 Å². The zero-order chi connectivity index (χ0) is 14.8. The quantitative estimate of drug-likeness (QED) is 0.923. The zero-order valence-corrected chi connectivity index (χ0v) is 13.3. The molecule has 1 aromatic carbocycles. The van der Waals surface area contributed by atoms with E-state index in [2.05, 4.69) is 52.2 Å². The molecule has 4 nitrogen and oxygen atoms in total. The Hall–Kier alpha value is -1.27. The van der Waals surface area contributed by atoms with Gasteiger partial charge in [0.25, 0.3) is 0 Å². The van der Waals surface area contributed by atoms with Gasteiger partial charge in [0.05, 0.1) is 0 Å². The third-order valence-corrected chi connectivity index (χ3v) is 3.29. The van der Waals surface area contributed by atoms with Crippen molar-refractivity contribution in [2.75, 3.05) is 6.54 Å². The molecule has 6 heteroatoms. The van der Waals surface area contributed by atoms with E-state index in [1.165, 1.54) is 12.1 Å². The molecule has 1 heterocycles. The van der Waals surface area contributed by atoms with Gasteiger partial charge in [0, 0.05) is 28.5 Å². The maximum absolute atomic E-state index is 13.0. The number of benzene rings is 1. The molecule has 0 aliphatic heterocycles. The Morgan fingerprint density at radius 2 is 2.10 bits per heavy atom. The van der Waals surface area contributed by atoms with Crippen molar-refractivity contribution >= 4 is 15.9 Å². The predicted octanol–water partition coefficient (Wildman–Crippen LogP) is 3.57. The summed E-state index contributed by atoms with van der Waals surface area (Å²) in [5.74, 6) is 0.717. The van der Waals surface area contributed by atoms with E-state index in [1.807, 2.05) is 0 Å². The predicted molar refractivity (Wildman–Crippen MR) is 78.9 cm³/mol. The third-order valence-electron chi connectivity index (χ3n) is 2.63. The Bertz CT molecular complexity index is 592. The second-order valence-electron chi connectivity index (χ2n) is 5.56. The Balaban J connectivity index is 2.05. The second-order valence-corrected chi connectivity index (χ2v) is 6.42. The first kappa shape index (κ1) is 15.1. The van der Waals surface area contributed by atoms with E-state index in [0.717, 1.165) is 6.54 Å². The van der Waals surface area contributed by atoms with Gasteiger partial charge in [-0.25, -0.2) is 4.39 Å². The molecular weight excluding hydrogens is 325 g/mol. The molecule has 108 valence electrons. The molecular formula is C14H17BrFN3O. The summed E-state index contributed by atoms with van der Waals surface area (Å²) in [6.45, 7) is 7.06. The maximum Gasteiger partial charge on any atom is 0.228 e. The normalized spacial score (nSPS) is 11.8. The number of nitrogens with zero attached hydrogens (tertiary/aromatic N) is 2. The number of halogens is 2. The summed E-state index contributed by atoms with van der Waals surface area (Å²) in [6, 6.07) is 4.38. The highest BCUT2D eigenvalue weighted by Gasteiger charge is 2.13. The first-order valence-corrected chi connectivity index (χ1v) is 7.17. The molecule has 1 aromatic heterocycles. The Morgan fingerprint density at radius 3 is 2.75 bits per heavy atom. The van der Waals surface area contributed by atoms with Gasteiger partial charge in [0.15, 0.2) is 0 Å². The number of aromatic nitrogens is 2. The van der Waals surface area contributed by atoms with E-state index in [0.29, 0.717) is 28.2 Å². The fourth-order valence-corrected chi connectivity index (χ4v) is 2.21. The molecule has 2 rings (SSSR count). The maximum atomic E-state index is 13.0. The average molecular weight is 342 g/mol. The Kier molecular flexibility index (Phi) is 4.55. The van der Waals surface area contributed by atoms with Crippen molar-refractivity contribution in [1.29, 1.82) is 0 Å². The average Bonchev–Trinajstić information content (AvgIpc) is 2.75. The van der Waals surface area contributed by atoms with Gasteiger partial charge in [0.2, 0.25) is 11.7 Å². The second kappa shape index (κ2) is 6.01. The molecule has 20 heavy (non-hydrogen) atoms. The summed E-state index contributed by atoms with van der Waals surface area (Å²) in [6.07, 6.45) is 0.656. The molecule has 0 unspecified atom stereocenters. The summed E-state index contributed by atoms with van der Waals surface area (Å²) >= 11 is 3.30. The van der Waals surface area contributed by atoms with E-state index in [9.17, 15) is 4.39 Å². The van der Waals surface area contributed by atoms with Crippen LogP contribution in [0, 0.1) is 5.82 Å². The van der Waals surface area contributed by atoms with Crippen LogP contribution in [0.5, 0.6) is 0 Å². The minimum absolute atomic E-state index is 0.0584. The number of rotatable bonds is 4. The van der Waals surface area contributed by atoms with Crippen LogP contribution in [0.1, 0.15) is 26.7 Å². The van der Waals surface area contributed by atoms with Gasteiger partial charge in [-0.05, 0) is 54.9 Å². The molecule has 0 radical (unpaired) electrons. The molecule has 0 aliphatic carbocycles. The van der Waals surface area contributed by atoms with Gasteiger partial charge >= 0.3 is 0 Å². The van der Waals surface area contributed by atoms with Crippen LogP contribution >= 0.6 is 15.9 Å². The smallest absolute Gasteiger partial charge is 0.228 e. The minimum Gasteiger partial charge on any atom is -0.339 e. The topological polar surface area (TPSA) is 51.0 Å². The monoisotopic (exact) mass is 341 g/mol. The van der Waals surface area contributed by atoms with Gasteiger partial charge in [0.1, 0.15) is 5.82 Å². The van der Waals surface area contributed by atoms with Gasteiger partial charge in [-0.2, -0.15) is 4.98 Å². The van der Waals surface area contributed by atoms with Crippen LogP contribution in [0.25, 0.3) is 11.4 Å². The molecule has 1 N–H and O–H groups in total. The molecule has 0 bridgehead atoms. The highest BCUT2D eigenvalue weighted by Crippen LogP contribution is 2.26. The molecule has 2 aromatic rings. The minimum atomic E-state index is -0.307. The van der Waals surface area contributed by atoms with Crippen molar-refractivity contribution in [3.05, 3.63) is 34.4 Å². The fourth-order valence-electron chi connectivity index (χ4n) is 1.68. The van der Waals surface area contributed by atoms with Crippen LogP contribution < -0.4 is 5.32 Å². The SMILES string of the molecule is CC(C)(C)NCCc1nc(-c2ccc(F)cc2Br)no1. The van der Waals surface area contributed by atoms with E-state index in [-0.39, 0.29) is 11.4 Å². The first-order valence-electron chi connectivity index (χ1n) is 6.38. The molecule has 0 fully saturated rings. The number of nitrogens with one attached hydrogen (secondary N) is 1. The lowest BCUT2D eigenvalue weighted by Crippen LogP contribution is -2.37. The largest absolute Gasteiger partial charge is 0.339 e. The van der Waals surface area contributed by atoms with Crippen LogP contribution in [0.2, 0.25) is 0 Å². The lowest BCUT2D eigenvalue weighted by atomic mass is 10.1. The summed E-state index contributed by atoms with van der Waals surface area (Å²) in [7, 11) is 0. The highest BCUT2D eigenvalue weighted by atomic mass is 79.9. The Morgan fingerprint density at radius 1 is 1.35 bits per heavy atom. The Labute approximate surface area is 125 Å². The van der Waals surface area contributed by atoms with Crippen molar-refractivity contribution in [1.82, 2.24) is 15.5 Å². The first-order chi connectivity index (χ1) is 9.35. The van der Waals surface area contributed by atoms with Gasteiger partial charge in [-0.15, -0.1) is 0 Å². The lowest BCUT2D eigenvalue weighted by Gasteiger charge is -2.19. The molecule has 0 saturated carbocycles. The summed E-state index contributed by atoms with van der Waals surface area (Å²) in [5.41, 5.74) is 0.771. The summed E-state index contributed by atoms with van der Waals surface area (Å²) < 4.78 is 18.9. The van der Waals surface area contributed by atoms with Gasteiger partial charge in [-0.3, -0.25) is 0 Å². The van der Waals surface area contributed by atoms with E-state index in [1.54, 1.807) is 6.07 Å². The van der Waals surface area contributed by atoms with Crippen molar-refractivity contribution in [3.63, 3.8) is 0 Å². The molecule has 0 amide bonds. The van der Waals surface area contributed by atoms with Crippen molar-refractivity contribution in [3.8, 4) is 11.4 Å². The van der Waals surface area contributed by atoms with Crippen LogP contribution in [0.3, 0.4) is 0 Å². The van der Waals surface area contributed by atoms with E-state index >= 15 is 0 Å². The zero-order valence-electron chi connectivity index (χ0n) is 11.7. The number of hydrogen-bond donors (Lipinski definition) is 1. The fraction of sp³-hybridized carbons (Fsp3) is 0.429. The standard InChI is InChI=1S/C14H17BrFN3O/c1-14(2,3)17-7-6-12-18-13(19-20-12)10-5-4-9(16)8-11(10)15/h4-5,8,17H,6-7H2,1-3H3. The molecule has 0 aliphatic rings. The number of hydrogen-bond acceptors (Lipinski definition) is 4. The van der Waals surface area contributed by atoms with E-state index < -0.39 is 0 Å². The van der Waals surface area contributed by atoms with Crippen molar-refractivity contribution in [2.24, 2.45) is 0 Å². The lowest BCUT2D eigenvalue weighted by molar-refractivity contribution is 0.362. The van der Waals surface area contributed by atoms with Crippen LogP contribution in [0.15, 0.2) is 27.2 Å². The molecule has 0 atom stereocenters. The highest BCUT2D eigenvalue weighted by molar-refractivity contribution is 9.10. The van der Waals surface area contributed by atoms with E-state index in [4.69, 9.17) is 4.52 Å². The molecule has 0 saturated heterocycles. The van der Waals surface area contributed by atoms with Crippen LogP contribution in [-0.2, 0) is 6.42 Å². The van der Waals surface area contributed by atoms with Crippen molar-refractivity contribution in [2.45, 2.75) is 32.7 Å². The van der Waals surface area contributed by atoms with Crippen molar-refractivity contribution < 1.29 is 8.91 Å². The van der Waals surface area contributed by atoms with Gasteiger partial charge < -0.3 is 9.84 Å².